The maximum Gasteiger partial charge on any atom is 0.380 e. The van der Waals surface area contributed by atoms with Gasteiger partial charge in [-0.2, -0.15) is 5.10 Å². The number of hydrazone groups is 1. The number of carbonyl (C=O) groups excluding carboxylic acids is 2. The molecular formula is C25H21N3O4S. The number of fused-ring (bicyclic) bond motifs is 2. The number of pyridine rings is 1. The zero-order valence-corrected chi connectivity index (χ0v) is 19.0. The second-order valence-corrected chi connectivity index (χ2v) is 8.80. The van der Waals surface area contributed by atoms with Crippen LogP contribution in [0.5, 0.6) is 5.75 Å². The highest BCUT2D eigenvalue weighted by Gasteiger charge is 2.29. The highest BCUT2D eigenvalue weighted by Crippen LogP contribution is 2.31. The molecule has 0 aliphatic heterocycles. The van der Waals surface area contributed by atoms with Crippen LogP contribution in [0.4, 0.5) is 0 Å². The Balaban J connectivity index is 1.43. The summed E-state index contributed by atoms with van der Waals surface area (Å²) in [5, 5.41) is 7.08. The van der Waals surface area contributed by atoms with E-state index in [1.807, 2.05) is 49.6 Å². The summed E-state index contributed by atoms with van der Waals surface area (Å²) in [5.74, 6) is 0.362. The van der Waals surface area contributed by atoms with Gasteiger partial charge in [0.25, 0.3) is 5.91 Å². The van der Waals surface area contributed by atoms with Crippen LogP contribution in [-0.2, 0) is 6.42 Å². The summed E-state index contributed by atoms with van der Waals surface area (Å²) in [6.45, 7) is 3.70. The number of para-hydroxylation sites is 1. The maximum absolute atomic E-state index is 13.1. The molecule has 166 valence electrons. The van der Waals surface area contributed by atoms with Crippen molar-refractivity contribution < 1.29 is 18.7 Å². The van der Waals surface area contributed by atoms with Crippen LogP contribution in [0.1, 0.15) is 55.6 Å². The molecule has 0 saturated heterocycles. The summed E-state index contributed by atoms with van der Waals surface area (Å²) in [4.78, 5) is 30.4. The lowest BCUT2D eigenvalue weighted by Gasteiger charge is -2.13. The van der Waals surface area contributed by atoms with Gasteiger partial charge < -0.3 is 9.15 Å². The number of thiophene rings is 1. The number of furan rings is 1. The van der Waals surface area contributed by atoms with E-state index in [2.05, 4.69) is 15.5 Å². The monoisotopic (exact) mass is 459 g/mol. The van der Waals surface area contributed by atoms with Gasteiger partial charge >= 0.3 is 5.97 Å². The van der Waals surface area contributed by atoms with Gasteiger partial charge in [-0.25, -0.2) is 15.2 Å². The summed E-state index contributed by atoms with van der Waals surface area (Å²) in [6.07, 6.45) is 2.18. The molecule has 0 unspecified atom stereocenters. The Morgan fingerprint density at radius 2 is 2.00 bits per heavy atom. The fourth-order valence-corrected chi connectivity index (χ4v) is 4.62. The second kappa shape index (κ2) is 8.63. The van der Waals surface area contributed by atoms with Gasteiger partial charge in [-0.1, -0.05) is 24.3 Å². The van der Waals surface area contributed by atoms with Crippen molar-refractivity contribution in [1.29, 1.82) is 0 Å². The minimum atomic E-state index is -0.584. The van der Waals surface area contributed by atoms with Crippen LogP contribution < -0.4 is 10.2 Å². The fourth-order valence-electron chi connectivity index (χ4n) is 4.00. The Morgan fingerprint density at radius 3 is 2.82 bits per heavy atom. The lowest BCUT2D eigenvalue weighted by molar-refractivity contribution is 0.0700. The first-order chi connectivity index (χ1) is 16.0. The van der Waals surface area contributed by atoms with Gasteiger partial charge in [-0.05, 0) is 50.3 Å². The van der Waals surface area contributed by atoms with E-state index in [0.717, 1.165) is 23.1 Å². The number of amides is 1. The standard InChI is InChI=1S/C25H21N3O4S/c1-14-11-12-16-6-3-9-19(22(16)26-14)32-25(30)23-15(2)21-17(7-4-8-18(21)31-23)27-28-24(29)20-10-5-13-33-20/h3,5-6,9-13H,4,7-8H2,1-2H3,(H,28,29)/b27-17+. The van der Waals surface area contributed by atoms with Gasteiger partial charge in [-0.15, -0.1) is 11.3 Å². The van der Waals surface area contributed by atoms with E-state index in [9.17, 15) is 9.59 Å². The number of hydrogen-bond donors (Lipinski definition) is 1. The predicted molar refractivity (Wildman–Crippen MR) is 126 cm³/mol. The molecule has 0 spiro atoms. The first-order valence-corrected chi connectivity index (χ1v) is 11.5. The van der Waals surface area contributed by atoms with Gasteiger partial charge in [0.15, 0.2) is 5.75 Å². The molecule has 1 N–H and O–H groups in total. The highest BCUT2D eigenvalue weighted by atomic mass is 32.1. The topological polar surface area (TPSA) is 93.8 Å². The van der Waals surface area contributed by atoms with Crippen LogP contribution in [0.15, 0.2) is 57.4 Å². The third-order valence-corrected chi connectivity index (χ3v) is 6.44. The van der Waals surface area contributed by atoms with Crippen LogP contribution >= 0.6 is 11.3 Å². The van der Waals surface area contributed by atoms with Gasteiger partial charge in [0.05, 0.1) is 10.6 Å². The minimum absolute atomic E-state index is 0.142. The lowest BCUT2D eigenvalue weighted by atomic mass is 9.93. The van der Waals surface area contributed by atoms with Crippen molar-refractivity contribution in [3.8, 4) is 5.75 Å². The third-order valence-electron chi connectivity index (χ3n) is 5.57. The first kappa shape index (κ1) is 21.1. The summed E-state index contributed by atoms with van der Waals surface area (Å²) in [6, 6.07) is 12.9. The van der Waals surface area contributed by atoms with Crippen LogP contribution in [0, 0.1) is 13.8 Å². The van der Waals surface area contributed by atoms with E-state index in [4.69, 9.17) is 9.15 Å². The molecule has 0 fully saturated rings. The van der Waals surface area contributed by atoms with E-state index in [1.54, 1.807) is 12.1 Å². The first-order valence-electron chi connectivity index (χ1n) is 10.6. The Labute approximate surface area is 194 Å². The molecular weight excluding hydrogens is 438 g/mol. The average molecular weight is 460 g/mol. The molecule has 0 radical (unpaired) electrons. The van der Waals surface area contributed by atoms with Crippen LogP contribution in [0.3, 0.4) is 0 Å². The average Bonchev–Trinajstić information content (AvgIpc) is 3.47. The molecule has 0 saturated carbocycles. The number of nitrogens with zero attached hydrogens (tertiary/aromatic N) is 2. The maximum atomic E-state index is 13.1. The molecule has 5 rings (SSSR count). The molecule has 0 bridgehead atoms. The second-order valence-electron chi connectivity index (χ2n) is 7.85. The van der Waals surface area contributed by atoms with Gasteiger partial charge in [-0.3, -0.25) is 4.79 Å². The molecule has 0 atom stereocenters. The van der Waals surface area contributed by atoms with Crippen molar-refractivity contribution >= 4 is 39.8 Å². The zero-order valence-electron chi connectivity index (χ0n) is 18.2. The SMILES string of the molecule is Cc1ccc2cccc(OC(=O)c3oc4c(c3C)/C(=N/NC(=O)c3cccs3)CCC4)c2n1. The van der Waals surface area contributed by atoms with E-state index in [0.29, 0.717) is 46.0 Å². The summed E-state index contributed by atoms with van der Waals surface area (Å²) < 4.78 is 11.6. The lowest BCUT2D eigenvalue weighted by Crippen LogP contribution is -2.21. The van der Waals surface area contributed by atoms with Crippen molar-refractivity contribution in [3.63, 3.8) is 0 Å². The molecule has 4 aromatic rings. The largest absolute Gasteiger partial charge is 0.453 e. The van der Waals surface area contributed by atoms with Crippen molar-refractivity contribution in [2.75, 3.05) is 0 Å². The summed E-state index contributed by atoms with van der Waals surface area (Å²) >= 11 is 1.35. The minimum Gasteiger partial charge on any atom is -0.453 e. The Kier molecular flexibility index (Phi) is 5.51. The van der Waals surface area contributed by atoms with Crippen LogP contribution in [0.25, 0.3) is 10.9 Å². The number of carbonyl (C=O) groups is 2. The van der Waals surface area contributed by atoms with Gasteiger partial charge in [0.1, 0.15) is 11.3 Å². The normalized spacial score (nSPS) is 14.3. The number of nitrogens with one attached hydrogen (secondary N) is 1. The zero-order chi connectivity index (χ0) is 22.9. The van der Waals surface area contributed by atoms with Crippen molar-refractivity contribution in [2.24, 2.45) is 5.10 Å². The molecule has 7 nitrogen and oxygen atoms in total. The van der Waals surface area contributed by atoms with E-state index in [1.165, 1.54) is 11.3 Å². The molecule has 1 aliphatic carbocycles. The number of ether oxygens (including phenoxy) is 1. The van der Waals surface area contributed by atoms with E-state index < -0.39 is 5.97 Å². The smallest absolute Gasteiger partial charge is 0.380 e. The number of aryl methyl sites for hydroxylation is 2. The van der Waals surface area contributed by atoms with Gasteiger partial charge in [0, 0.05) is 28.6 Å². The quantitative estimate of drug-likeness (QED) is 0.257. The fraction of sp³-hybridized carbons (Fsp3) is 0.200. The summed E-state index contributed by atoms with van der Waals surface area (Å²) in [7, 11) is 0. The van der Waals surface area contributed by atoms with Gasteiger partial charge in [0.2, 0.25) is 5.76 Å². The van der Waals surface area contributed by atoms with E-state index >= 15 is 0 Å². The van der Waals surface area contributed by atoms with Crippen molar-refractivity contribution in [1.82, 2.24) is 10.4 Å². The summed E-state index contributed by atoms with van der Waals surface area (Å²) in [5.41, 5.74) is 6.20. The van der Waals surface area contributed by atoms with Crippen LogP contribution in [-0.4, -0.2) is 22.6 Å². The number of rotatable bonds is 4. The Morgan fingerprint density at radius 1 is 1.12 bits per heavy atom. The predicted octanol–water partition coefficient (Wildman–Crippen LogP) is 5.20. The van der Waals surface area contributed by atoms with Crippen molar-refractivity contribution in [2.45, 2.75) is 33.1 Å². The van der Waals surface area contributed by atoms with Crippen LogP contribution in [0.2, 0.25) is 0 Å². The number of aromatic nitrogens is 1. The van der Waals surface area contributed by atoms with Crippen molar-refractivity contribution in [3.05, 3.63) is 81.1 Å². The highest BCUT2D eigenvalue weighted by molar-refractivity contribution is 7.12. The number of benzene rings is 1. The molecule has 1 aliphatic rings. The Bertz CT molecular complexity index is 1400. The number of hydrogen-bond acceptors (Lipinski definition) is 7. The molecule has 8 heteroatoms. The molecule has 1 amide bonds. The molecule has 33 heavy (non-hydrogen) atoms. The molecule has 1 aromatic carbocycles. The third kappa shape index (κ3) is 4.05. The Hall–Kier alpha value is -3.78. The van der Waals surface area contributed by atoms with E-state index in [-0.39, 0.29) is 11.7 Å². The molecule has 3 aromatic heterocycles. The molecule has 3 heterocycles. The number of esters is 1.